The minimum absolute atomic E-state index is 0.0134. The fourth-order valence-electron chi connectivity index (χ4n) is 3.48. The summed E-state index contributed by atoms with van der Waals surface area (Å²) >= 11 is 10.1. The lowest BCUT2D eigenvalue weighted by molar-refractivity contribution is -0.127. The van der Waals surface area contributed by atoms with E-state index in [9.17, 15) is 18.8 Å². The lowest BCUT2D eigenvalue weighted by Gasteiger charge is -2.13. The van der Waals surface area contributed by atoms with Crippen LogP contribution < -0.4 is 14.8 Å². The van der Waals surface area contributed by atoms with Crippen molar-refractivity contribution in [2.24, 2.45) is 0 Å². The molecule has 0 atom stereocenters. The van der Waals surface area contributed by atoms with Gasteiger partial charge in [0.05, 0.1) is 16.5 Å². The van der Waals surface area contributed by atoms with E-state index in [1.807, 2.05) is 6.92 Å². The fourth-order valence-corrected chi connectivity index (χ4v) is 4.74. The van der Waals surface area contributed by atoms with E-state index in [4.69, 9.17) is 21.1 Å². The largest absolute Gasteiger partial charge is 0.490 e. The van der Waals surface area contributed by atoms with Gasteiger partial charge in [-0.25, -0.2) is 4.39 Å². The molecule has 3 aromatic rings. The van der Waals surface area contributed by atoms with Crippen molar-refractivity contribution >= 4 is 68.1 Å². The first-order valence-corrected chi connectivity index (χ1v) is 13.4. The van der Waals surface area contributed by atoms with Gasteiger partial charge in [0.15, 0.2) is 11.5 Å². The number of nitrogens with zero attached hydrogens (tertiary/aromatic N) is 1. The van der Waals surface area contributed by atoms with Gasteiger partial charge in [-0.1, -0.05) is 35.9 Å². The van der Waals surface area contributed by atoms with Crippen LogP contribution in [0.2, 0.25) is 5.02 Å². The number of rotatable bonds is 9. The second-order valence-electron chi connectivity index (χ2n) is 7.96. The van der Waals surface area contributed by atoms with Gasteiger partial charge in [-0.15, -0.1) is 0 Å². The van der Waals surface area contributed by atoms with Crippen molar-refractivity contribution in [2.45, 2.75) is 13.5 Å². The molecule has 0 bridgehead atoms. The average Bonchev–Trinajstić information content (AvgIpc) is 3.14. The molecule has 38 heavy (non-hydrogen) atoms. The molecule has 4 rings (SSSR count). The number of amides is 3. The number of benzene rings is 3. The molecule has 11 heteroatoms. The molecular formula is C27H21BrClFN2O5S. The number of ether oxygens (including phenoxy) is 2. The summed E-state index contributed by atoms with van der Waals surface area (Å²) in [6.45, 7) is 1.74. The van der Waals surface area contributed by atoms with Crippen LogP contribution in [0.3, 0.4) is 0 Å². The van der Waals surface area contributed by atoms with E-state index in [-0.39, 0.29) is 17.3 Å². The fraction of sp³-hybridized carbons (Fsp3) is 0.148. The number of carbonyl (C=O) groups is 3. The summed E-state index contributed by atoms with van der Waals surface area (Å²) in [4.78, 5) is 38.9. The molecule has 0 spiro atoms. The SMILES string of the molecule is CCOc1cc(/C=C2/SC(=O)N(CC(=O)Nc3ccc(Br)c(Cl)c3)C2=O)ccc1OCc1ccccc1F. The molecule has 1 aliphatic heterocycles. The lowest BCUT2D eigenvalue weighted by atomic mass is 10.1. The third kappa shape index (κ3) is 6.75. The summed E-state index contributed by atoms with van der Waals surface area (Å²) < 4.78 is 26.0. The predicted octanol–water partition coefficient (Wildman–Crippen LogP) is 6.89. The molecule has 3 amide bonds. The summed E-state index contributed by atoms with van der Waals surface area (Å²) in [6.07, 6.45) is 1.54. The van der Waals surface area contributed by atoms with Crippen LogP contribution in [0.25, 0.3) is 6.08 Å². The Bertz CT molecular complexity index is 1430. The topological polar surface area (TPSA) is 84.9 Å². The van der Waals surface area contributed by atoms with Gasteiger partial charge in [-0.2, -0.15) is 0 Å². The summed E-state index contributed by atoms with van der Waals surface area (Å²) in [7, 11) is 0. The molecule has 7 nitrogen and oxygen atoms in total. The minimum atomic E-state index is -0.582. The Labute approximate surface area is 236 Å². The van der Waals surface area contributed by atoms with E-state index >= 15 is 0 Å². The summed E-state index contributed by atoms with van der Waals surface area (Å²) in [5.41, 5.74) is 1.43. The molecule has 0 radical (unpaired) electrons. The van der Waals surface area contributed by atoms with Crippen LogP contribution in [-0.2, 0) is 16.2 Å². The average molecular weight is 620 g/mol. The number of halogens is 3. The molecule has 0 aromatic heterocycles. The minimum Gasteiger partial charge on any atom is -0.490 e. The van der Waals surface area contributed by atoms with Gasteiger partial charge in [-0.05, 0) is 82.7 Å². The third-order valence-electron chi connectivity index (χ3n) is 5.29. The van der Waals surface area contributed by atoms with Crippen molar-refractivity contribution in [1.29, 1.82) is 0 Å². The van der Waals surface area contributed by atoms with Crippen LogP contribution >= 0.6 is 39.3 Å². The van der Waals surface area contributed by atoms with Crippen molar-refractivity contribution in [1.82, 2.24) is 4.90 Å². The first-order chi connectivity index (χ1) is 18.2. The van der Waals surface area contributed by atoms with Gasteiger partial charge in [0.1, 0.15) is 19.0 Å². The molecule has 0 saturated carbocycles. The highest BCUT2D eigenvalue weighted by Gasteiger charge is 2.36. The van der Waals surface area contributed by atoms with E-state index in [0.29, 0.717) is 44.4 Å². The van der Waals surface area contributed by atoms with Crippen LogP contribution in [0.15, 0.2) is 70.0 Å². The molecule has 1 N–H and O–H groups in total. The van der Waals surface area contributed by atoms with Crippen molar-refractivity contribution in [3.8, 4) is 11.5 Å². The third-order valence-corrected chi connectivity index (χ3v) is 7.42. The van der Waals surface area contributed by atoms with Crippen LogP contribution in [0.1, 0.15) is 18.1 Å². The van der Waals surface area contributed by atoms with E-state index in [0.717, 1.165) is 16.7 Å². The Morgan fingerprint density at radius 1 is 1.11 bits per heavy atom. The Balaban J connectivity index is 1.45. The maximum Gasteiger partial charge on any atom is 0.294 e. The quantitative estimate of drug-likeness (QED) is 0.263. The molecule has 1 heterocycles. The van der Waals surface area contributed by atoms with E-state index in [2.05, 4.69) is 21.2 Å². The van der Waals surface area contributed by atoms with Crippen molar-refractivity contribution in [2.75, 3.05) is 18.5 Å². The monoisotopic (exact) mass is 618 g/mol. The Morgan fingerprint density at radius 3 is 2.63 bits per heavy atom. The number of carbonyl (C=O) groups excluding carboxylic acids is 3. The van der Waals surface area contributed by atoms with Crippen LogP contribution in [0.4, 0.5) is 14.9 Å². The smallest absolute Gasteiger partial charge is 0.294 e. The second-order valence-corrected chi connectivity index (χ2v) is 10.2. The second kappa shape index (κ2) is 12.5. The molecule has 1 aliphatic rings. The number of hydrogen-bond donors (Lipinski definition) is 1. The molecule has 196 valence electrons. The number of anilines is 1. The zero-order chi connectivity index (χ0) is 27.2. The Morgan fingerprint density at radius 2 is 1.89 bits per heavy atom. The molecule has 0 unspecified atom stereocenters. The number of thioether (sulfide) groups is 1. The van der Waals surface area contributed by atoms with E-state index < -0.39 is 23.6 Å². The maximum atomic E-state index is 13.9. The first kappa shape index (κ1) is 27.7. The van der Waals surface area contributed by atoms with Crippen molar-refractivity contribution in [3.05, 3.63) is 92.0 Å². The molecule has 1 fully saturated rings. The number of imide groups is 1. The van der Waals surface area contributed by atoms with E-state index in [1.54, 1.807) is 60.7 Å². The van der Waals surface area contributed by atoms with Crippen molar-refractivity contribution in [3.63, 3.8) is 0 Å². The maximum absolute atomic E-state index is 13.9. The predicted molar refractivity (Wildman–Crippen MR) is 149 cm³/mol. The Hall–Kier alpha value is -3.34. The van der Waals surface area contributed by atoms with Crippen molar-refractivity contribution < 1.29 is 28.2 Å². The lowest BCUT2D eigenvalue weighted by Crippen LogP contribution is -2.36. The van der Waals surface area contributed by atoms with Gasteiger partial charge >= 0.3 is 0 Å². The van der Waals surface area contributed by atoms with Gasteiger partial charge < -0.3 is 14.8 Å². The van der Waals surface area contributed by atoms with Gasteiger partial charge in [0.2, 0.25) is 5.91 Å². The number of nitrogens with one attached hydrogen (secondary N) is 1. The zero-order valence-electron chi connectivity index (χ0n) is 20.0. The normalized spacial score (nSPS) is 14.2. The highest BCUT2D eigenvalue weighted by Crippen LogP contribution is 2.35. The van der Waals surface area contributed by atoms with Crippen LogP contribution in [-0.4, -0.2) is 35.1 Å². The molecular weight excluding hydrogens is 599 g/mol. The highest BCUT2D eigenvalue weighted by molar-refractivity contribution is 9.10. The zero-order valence-corrected chi connectivity index (χ0v) is 23.2. The standard InChI is InChI=1S/C27H21BrClFN2O5S/c1-2-36-23-11-16(7-10-22(23)37-15-17-5-3-4-6-21(17)30)12-24-26(34)32(27(35)38-24)14-25(33)31-18-8-9-19(28)20(29)13-18/h3-13H,2,14-15H2,1H3,(H,31,33)/b24-12+. The first-order valence-electron chi connectivity index (χ1n) is 11.4. The summed E-state index contributed by atoms with van der Waals surface area (Å²) in [5.74, 6) is -0.676. The highest BCUT2D eigenvalue weighted by atomic mass is 79.9. The molecule has 1 saturated heterocycles. The van der Waals surface area contributed by atoms with Crippen LogP contribution in [0, 0.1) is 5.82 Å². The summed E-state index contributed by atoms with van der Waals surface area (Å²) in [5, 5.41) is 2.48. The van der Waals surface area contributed by atoms with Crippen LogP contribution in [0.5, 0.6) is 11.5 Å². The van der Waals surface area contributed by atoms with Gasteiger partial charge in [0.25, 0.3) is 11.1 Å². The molecule has 3 aromatic carbocycles. The van der Waals surface area contributed by atoms with Gasteiger partial charge in [-0.3, -0.25) is 19.3 Å². The summed E-state index contributed by atoms with van der Waals surface area (Å²) in [6, 6.07) is 16.2. The molecule has 0 aliphatic carbocycles. The van der Waals surface area contributed by atoms with E-state index in [1.165, 1.54) is 6.07 Å². The number of hydrogen-bond acceptors (Lipinski definition) is 6. The Kier molecular flexibility index (Phi) is 9.09. The van der Waals surface area contributed by atoms with Gasteiger partial charge in [0, 0.05) is 15.7 Å².